The summed E-state index contributed by atoms with van der Waals surface area (Å²) in [6.07, 6.45) is 4.90. The van der Waals surface area contributed by atoms with Crippen molar-refractivity contribution in [1.82, 2.24) is 19.6 Å². The van der Waals surface area contributed by atoms with Crippen LogP contribution in [0.3, 0.4) is 0 Å². The fourth-order valence-corrected chi connectivity index (χ4v) is 3.01. The first-order valence-corrected chi connectivity index (χ1v) is 7.25. The topological polar surface area (TPSA) is 66.7 Å². The molecule has 2 aromatic rings. The Balaban J connectivity index is 1.79. The first-order chi connectivity index (χ1) is 9.65. The molecule has 0 radical (unpaired) electrons. The molecule has 0 bridgehead atoms. The van der Waals surface area contributed by atoms with E-state index in [2.05, 4.69) is 10.3 Å². The van der Waals surface area contributed by atoms with Gasteiger partial charge >= 0.3 is 0 Å². The summed E-state index contributed by atoms with van der Waals surface area (Å²) in [6, 6.07) is 0. The molecule has 1 aliphatic rings. The number of carbonyl (C=O) groups excluding carboxylic acids is 2. The smallest absolute Gasteiger partial charge is 0.247 e. The van der Waals surface area contributed by atoms with Gasteiger partial charge in [0.15, 0.2) is 10.1 Å². The molecule has 1 saturated heterocycles. The fourth-order valence-electron chi connectivity index (χ4n) is 2.01. The van der Waals surface area contributed by atoms with Crippen LogP contribution in [0.2, 0.25) is 5.15 Å². The minimum Gasteiger partial charge on any atom is -0.353 e. The number of hydrogen-bond donors (Lipinski definition) is 1. The summed E-state index contributed by atoms with van der Waals surface area (Å²) in [4.78, 5) is 29.7. The van der Waals surface area contributed by atoms with E-state index < -0.39 is 0 Å². The SMILES string of the molecule is O=C1CN(C(=O)/C=C/c2c(Cl)nc3sccn23)CCN1. The average Bonchev–Trinajstić information content (AvgIpc) is 2.97. The molecular formula is C12H11ClN4O2S. The van der Waals surface area contributed by atoms with Crippen molar-refractivity contribution >= 4 is 45.8 Å². The number of hydrogen-bond acceptors (Lipinski definition) is 4. The van der Waals surface area contributed by atoms with Crippen molar-refractivity contribution in [2.45, 2.75) is 0 Å². The van der Waals surface area contributed by atoms with Gasteiger partial charge in [-0.1, -0.05) is 11.6 Å². The maximum absolute atomic E-state index is 12.0. The van der Waals surface area contributed by atoms with Gasteiger partial charge in [0, 0.05) is 30.7 Å². The Morgan fingerprint density at radius 3 is 3.20 bits per heavy atom. The van der Waals surface area contributed by atoms with Gasteiger partial charge in [0.2, 0.25) is 11.8 Å². The standard InChI is InChI=1S/C12H11ClN4O2S/c13-11-8(17-5-6-20-12(17)15-11)1-2-10(19)16-4-3-14-9(18)7-16/h1-2,5-6H,3-4,7H2,(H,14,18)/b2-1+. The van der Waals surface area contributed by atoms with E-state index in [-0.39, 0.29) is 18.4 Å². The van der Waals surface area contributed by atoms with Gasteiger partial charge in [-0.15, -0.1) is 11.3 Å². The van der Waals surface area contributed by atoms with Crippen LogP contribution < -0.4 is 5.32 Å². The van der Waals surface area contributed by atoms with E-state index in [4.69, 9.17) is 11.6 Å². The highest BCUT2D eigenvalue weighted by atomic mass is 35.5. The number of piperazine rings is 1. The highest BCUT2D eigenvalue weighted by molar-refractivity contribution is 7.15. The molecule has 0 spiro atoms. The Bertz CT molecular complexity index is 705. The van der Waals surface area contributed by atoms with Crippen molar-refractivity contribution in [3.63, 3.8) is 0 Å². The second-order valence-electron chi connectivity index (χ2n) is 4.29. The zero-order valence-corrected chi connectivity index (χ0v) is 11.9. The predicted octanol–water partition coefficient (Wildman–Crippen LogP) is 1.02. The summed E-state index contributed by atoms with van der Waals surface area (Å²) in [5.41, 5.74) is 0.665. The number of imidazole rings is 1. The second-order valence-corrected chi connectivity index (χ2v) is 5.52. The van der Waals surface area contributed by atoms with Gasteiger partial charge in [0.25, 0.3) is 0 Å². The number of thiazole rings is 1. The minimum absolute atomic E-state index is 0.0944. The molecule has 104 valence electrons. The maximum Gasteiger partial charge on any atom is 0.247 e. The number of carbonyl (C=O) groups is 2. The molecule has 0 atom stereocenters. The summed E-state index contributed by atoms with van der Waals surface area (Å²) in [5, 5.41) is 4.93. The number of nitrogens with zero attached hydrogens (tertiary/aromatic N) is 3. The highest BCUT2D eigenvalue weighted by Gasteiger charge is 2.19. The molecule has 20 heavy (non-hydrogen) atoms. The van der Waals surface area contributed by atoms with Crippen molar-refractivity contribution < 1.29 is 9.59 Å². The maximum atomic E-state index is 12.0. The van der Waals surface area contributed by atoms with Gasteiger partial charge < -0.3 is 10.2 Å². The van der Waals surface area contributed by atoms with Crippen molar-refractivity contribution in [2.24, 2.45) is 0 Å². The number of rotatable bonds is 2. The monoisotopic (exact) mass is 310 g/mol. The zero-order chi connectivity index (χ0) is 14.1. The Morgan fingerprint density at radius 1 is 1.55 bits per heavy atom. The predicted molar refractivity (Wildman–Crippen MR) is 76.7 cm³/mol. The highest BCUT2D eigenvalue weighted by Crippen LogP contribution is 2.22. The zero-order valence-electron chi connectivity index (χ0n) is 10.4. The third kappa shape index (κ3) is 2.41. The first kappa shape index (κ1) is 13.1. The van der Waals surface area contributed by atoms with Crippen LogP contribution in [0.15, 0.2) is 17.7 Å². The number of aromatic nitrogens is 2. The van der Waals surface area contributed by atoms with Crippen LogP contribution >= 0.6 is 22.9 Å². The third-order valence-electron chi connectivity index (χ3n) is 2.99. The van der Waals surface area contributed by atoms with Gasteiger partial charge in [-0.05, 0) is 6.08 Å². The van der Waals surface area contributed by atoms with E-state index in [9.17, 15) is 9.59 Å². The molecule has 1 aliphatic heterocycles. The van der Waals surface area contributed by atoms with Crippen molar-refractivity contribution in [3.8, 4) is 0 Å². The summed E-state index contributed by atoms with van der Waals surface area (Å²) in [6.45, 7) is 1.10. The van der Waals surface area contributed by atoms with Crippen molar-refractivity contribution in [2.75, 3.05) is 19.6 Å². The molecule has 2 aromatic heterocycles. The van der Waals surface area contributed by atoms with Crippen molar-refractivity contribution in [1.29, 1.82) is 0 Å². The summed E-state index contributed by atoms with van der Waals surface area (Å²) in [5.74, 6) is -0.346. The van der Waals surface area contributed by atoms with E-state index in [0.29, 0.717) is 23.9 Å². The van der Waals surface area contributed by atoms with Gasteiger partial charge in [-0.25, -0.2) is 4.98 Å². The molecule has 0 saturated carbocycles. The normalized spacial score (nSPS) is 16.1. The quantitative estimate of drug-likeness (QED) is 0.842. The lowest BCUT2D eigenvalue weighted by atomic mass is 10.3. The molecule has 2 amide bonds. The van der Waals surface area contributed by atoms with Crippen LogP contribution in [-0.2, 0) is 9.59 Å². The molecular weight excluding hydrogens is 300 g/mol. The largest absolute Gasteiger partial charge is 0.353 e. The van der Waals surface area contributed by atoms with E-state index in [1.165, 1.54) is 22.3 Å². The van der Waals surface area contributed by atoms with E-state index in [1.54, 1.807) is 6.08 Å². The van der Waals surface area contributed by atoms with Crippen LogP contribution in [0.5, 0.6) is 0 Å². The Hall–Kier alpha value is -1.86. The van der Waals surface area contributed by atoms with Crippen LogP contribution in [-0.4, -0.2) is 45.7 Å². The van der Waals surface area contributed by atoms with Crippen LogP contribution in [0.1, 0.15) is 5.69 Å². The summed E-state index contributed by atoms with van der Waals surface area (Å²) >= 11 is 7.51. The Kier molecular flexibility index (Phi) is 3.45. The lowest BCUT2D eigenvalue weighted by Crippen LogP contribution is -2.49. The molecule has 8 heteroatoms. The van der Waals surface area contributed by atoms with Crippen molar-refractivity contribution in [3.05, 3.63) is 28.5 Å². The molecule has 6 nitrogen and oxygen atoms in total. The minimum atomic E-state index is -0.207. The summed E-state index contributed by atoms with van der Waals surface area (Å²) < 4.78 is 1.82. The van der Waals surface area contributed by atoms with Gasteiger partial charge in [0.1, 0.15) is 0 Å². The number of nitrogens with one attached hydrogen (secondary N) is 1. The first-order valence-electron chi connectivity index (χ1n) is 6.00. The lowest BCUT2D eigenvalue weighted by molar-refractivity contribution is -0.134. The number of halogens is 1. The molecule has 0 aliphatic carbocycles. The fraction of sp³-hybridized carbons (Fsp3) is 0.250. The molecule has 1 fully saturated rings. The molecule has 0 unspecified atom stereocenters. The number of fused-ring (bicyclic) bond motifs is 1. The molecule has 3 heterocycles. The van der Waals surface area contributed by atoms with E-state index >= 15 is 0 Å². The van der Waals surface area contributed by atoms with Gasteiger partial charge in [0.05, 0.1) is 12.2 Å². The average molecular weight is 311 g/mol. The molecule has 1 N–H and O–H groups in total. The Morgan fingerprint density at radius 2 is 2.40 bits per heavy atom. The lowest BCUT2D eigenvalue weighted by Gasteiger charge is -2.25. The third-order valence-corrected chi connectivity index (χ3v) is 4.02. The molecule has 0 aromatic carbocycles. The molecule has 3 rings (SSSR count). The summed E-state index contributed by atoms with van der Waals surface area (Å²) in [7, 11) is 0. The van der Waals surface area contributed by atoms with Crippen LogP contribution in [0.4, 0.5) is 0 Å². The number of amides is 2. The van der Waals surface area contributed by atoms with E-state index in [0.717, 1.165) is 4.96 Å². The van der Waals surface area contributed by atoms with Gasteiger partial charge in [-0.3, -0.25) is 14.0 Å². The Labute approximate surface area is 123 Å². The van der Waals surface area contributed by atoms with Gasteiger partial charge in [-0.2, -0.15) is 0 Å². The van der Waals surface area contributed by atoms with Crippen LogP contribution in [0, 0.1) is 0 Å². The second kappa shape index (κ2) is 5.26. The van der Waals surface area contributed by atoms with Crippen LogP contribution in [0.25, 0.3) is 11.0 Å². The van der Waals surface area contributed by atoms with E-state index in [1.807, 2.05) is 16.0 Å².